The molecule has 7 heteroatoms. The lowest BCUT2D eigenvalue weighted by Gasteiger charge is -2.05. The Bertz CT molecular complexity index is 617. The lowest BCUT2D eigenvalue weighted by Crippen LogP contribution is -2.32. The van der Waals surface area contributed by atoms with Gasteiger partial charge >= 0.3 is 0 Å². The van der Waals surface area contributed by atoms with Gasteiger partial charge in [-0.3, -0.25) is 14.7 Å². The summed E-state index contributed by atoms with van der Waals surface area (Å²) in [5.41, 5.74) is 0.929. The maximum Gasteiger partial charge on any atom is 0.261 e. The Balaban J connectivity index is 1.85. The van der Waals surface area contributed by atoms with Crippen molar-refractivity contribution in [2.45, 2.75) is 20.3 Å². The molecule has 2 heterocycles. The minimum atomic E-state index is -0.287. The van der Waals surface area contributed by atoms with Crippen LogP contribution in [0.1, 0.15) is 27.0 Å². The summed E-state index contributed by atoms with van der Waals surface area (Å²) >= 11 is 1.40. The Morgan fingerprint density at radius 2 is 2.20 bits per heavy atom. The molecule has 6 nitrogen and oxygen atoms in total. The molecule has 2 aromatic rings. The van der Waals surface area contributed by atoms with E-state index in [-0.39, 0.29) is 18.4 Å². The van der Waals surface area contributed by atoms with Crippen LogP contribution < -0.4 is 10.6 Å². The van der Waals surface area contributed by atoms with E-state index in [4.69, 9.17) is 0 Å². The molecule has 0 saturated heterocycles. The second-order valence-electron chi connectivity index (χ2n) is 4.26. The molecular weight excluding hydrogens is 276 g/mol. The van der Waals surface area contributed by atoms with Crippen LogP contribution in [0.5, 0.6) is 0 Å². The number of nitrogens with zero attached hydrogens (tertiary/aromatic N) is 1. The SMILES string of the molecule is CCc1cn[nH]c1NC(=O)CNC(=O)c1ccc(C)s1. The molecule has 106 valence electrons. The zero-order chi connectivity index (χ0) is 14.5. The van der Waals surface area contributed by atoms with Crippen LogP contribution in [0.3, 0.4) is 0 Å². The van der Waals surface area contributed by atoms with Crippen molar-refractivity contribution < 1.29 is 9.59 Å². The number of aromatic amines is 1. The summed E-state index contributed by atoms with van der Waals surface area (Å²) in [5.74, 6) is 0.0582. The van der Waals surface area contributed by atoms with E-state index in [2.05, 4.69) is 20.8 Å². The Morgan fingerprint density at radius 3 is 2.85 bits per heavy atom. The van der Waals surface area contributed by atoms with Gasteiger partial charge in [-0.15, -0.1) is 11.3 Å². The smallest absolute Gasteiger partial charge is 0.261 e. The van der Waals surface area contributed by atoms with E-state index in [1.807, 2.05) is 19.9 Å². The first kappa shape index (κ1) is 14.3. The Kier molecular flexibility index (Phi) is 4.52. The molecule has 3 N–H and O–H groups in total. The first-order valence-electron chi connectivity index (χ1n) is 6.27. The summed E-state index contributed by atoms with van der Waals surface area (Å²) in [7, 11) is 0. The number of aryl methyl sites for hydroxylation is 2. The maximum atomic E-state index is 11.8. The number of hydrogen-bond acceptors (Lipinski definition) is 4. The van der Waals surface area contributed by atoms with E-state index in [0.717, 1.165) is 16.9 Å². The van der Waals surface area contributed by atoms with Gasteiger partial charge in [-0.25, -0.2) is 0 Å². The summed E-state index contributed by atoms with van der Waals surface area (Å²) < 4.78 is 0. The van der Waals surface area contributed by atoms with Crippen LogP contribution in [-0.4, -0.2) is 28.6 Å². The van der Waals surface area contributed by atoms with Crippen molar-refractivity contribution >= 4 is 29.0 Å². The number of carbonyl (C=O) groups is 2. The van der Waals surface area contributed by atoms with E-state index in [0.29, 0.717) is 10.7 Å². The van der Waals surface area contributed by atoms with Crippen molar-refractivity contribution in [2.24, 2.45) is 0 Å². The molecule has 0 spiro atoms. The minimum absolute atomic E-state index is 0.0715. The van der Waals surface area contributed by atoms with E-state index in [9.17, 15) is 9.59 Å². The van der Waals surface area contributed by atoms with Crippen LogP contribution in [0.25, 0.3) is 0 Å². The number of carbonyl (C=O) groups excluding carboxylic acids is 2. The van der Waals surface area contributed by atoms with Gasteiger partial charge in [0.05, 0.1) is 17.6 Å². The number of anilines is 1. The van der Waals surface area contributed by atoms with Gasteiger partial charge in [-0.1, -0.05) is 6.92 Å². The zero-order valence-corrected chi connectivity index (χ0v) is 12.1. The molecule has 20 heavy (non-hydrogen) atoms. The topological polar surface area (TPSA) is 86.9 Å². The predicted molar refractivity (Wildman–Crippen MR) is 78.0 cm³/mol. The third-order valence-corrected chi connectivity index (χ3v) is 3.74. The van der Waals surface area contributed by atoms with E-state index >= 15 is 0 Å². The monoisotopic (exact) mass is 292 g/mol. The fraction of sp³-hybridized carbons (Fsp3) is 0.308. The lowest BCUT2D eigenvalue weighted by atomic mass is 10.2. The fourth-order valence-corrected chi connectivity index (χ4v) is 2.46. The Hall–Kier alpha value is -2.15. The molecule has 0 aliphatic rings. The van der Waals surface area contributed by atoms with Crippen LogP contribution in [0.2, 0.25) is 0 Å². The summed E-state index contributed by atoms with van der Waals surface area (Å²) in [4.78, 5) is 25.2. The predicted octanol–water partition coefficient (Wildman–Crippen LogP) is 1.71. The summed E-state index contributed by atoms with van der Waals surface area (Å²) in [6.45, 7) is 3.83. The molecule has 0 fully saturated rings. The summed E-state index contributed by atoms with van der Waals surface area (Å²) in [5, 5.41) is 11.9. The number of H-pyrrole nitrogens is 1. The van der Waals surface area contributed by atoms with Crippen molar-refractivity contribution in [2.75, 3.05) is 11.9 Å². The third kappa shape index (κ3) is 3.45. The van der Waals surface area contributed by atoms with Gasteiger partial charge in [0, 0.05) is 10.4 Å². The van der Waals surface area contributed by atoms with Crippen molar-refractivity contribution in [3.8, 4) is 0 Å². The zero-order valence-electron chi connectivity index (χ0n) is 11.3. The van der Waals surface area contributed by atoms with Gasteiger partial charge < -0.3 is 10.6 Å². The van der Waals surface area contributed by atoms with Crippen molar-refractivity contribution in [3.05, 3.63) is 33.6 Å². The highest BCUT2D eigenvalue weighted by Gasteiger charge is 2.11. The molecular formula is C13H16N4O2S. The molecule has 2 aromatic heterocycles. The van der Waals surface area contributed by atoms with E-state index in [1.165, 1.54) is 11.3 Å². The number of rotatable bonds is 5. The average molecular weight is 292 g/mol. The average Bonchev–Trinajstić information content (AvgIpc) is 3.04. The first-order chi connectivity index (χ1) is 9.60. The highest BCUT2D eigenvalue weighted by Crippen LogP contribution is 2.14. The number of nitrogens with one attached hydrogen (secondary N) is 3. The quantitative estimate of drug-likeness (QED) is 0.784. The number of amides is 2. The van der Waals surface area contributed by atoms with Crippen LogP contribution >= 0.6 is 11.3 Å². The van der Waals surface area contributed by atoms with E-state index < -0.39 is 0 Å². The molecule has 2 amide bonds. The number of aromatic nitrogens is 2. The van der Waals surface area contributed by atoms with Gasteiger partial charge in [-0.05, 0) is 25.5 Å². The molecule has 0 aromatic carbocycles. The van der Waals surface area contributed by atoms with Crippen LogP contribution in [0.4, 0.5) is 5.82 Å². The molecule has 2 rings (SSSR count). The highest BCUT2D eigenvalue weighted by atomic mass is 32.1. The molecule has 0 aliphatic carbocycles. The van der Waals surface area contributed by atoms with Gasteiger partial charge in [0.2, 0.25) is 5.91 Å². The number of thiophene rings is 1. The molecule has 0 saturated carbocycles. The normalized spacial score (nSPS) is 10.3. The van der Waals surface area contributed by atoms with Crippen molar-refractivity contribution in [3.63, 3.8) is 0 Å². The second kappa shape index (κ2) is 6.33. The van der Waals surface area contributed by atoms with Gasteiger partial charge in [-0.2, -0.15) is 5.10 Å². The van der Waals surface area contributed by atoms with Gasteiger partial charge in [0.1, 0.15) is 5.82 Å². The van der Waals surface area contributed by atoms with Gasteiger partial charge in [0.15, 0.2) is 0 Å². The third-order valence-electron chi connectivity index (χ3n) is 2.74. The Morgan fingerprint density at radius 1 is 1.40 bits per heavy atom. The number of hydrogen-bond donors (Lipinski definition) is 3. The van der Waals surface area contributed by atoms with Crippen LogP contribution in [-0.2, 0) is 11.2 Å². The lowest BCUT2D eigenvalue weighted by molar-refractivity contribution is -0.115. The summed E-state index contributed by atoms with van der Waals surface area (Å²) in [6, 6.07) is 3.62. The molecule has 0 aliphatic heterocycles. The van der Waals surface area contributed by atoms with Crippen molar-refractivity contribution in [1.82, 2.24) is 15.5 Å². The minimum Gasteiger partial charge on any atom is -0.342 e. The second-order valence-corrected chi connectivity index (χ2v) is 5.55. The molecule has 0 atom stereocenters. The standard InChI is InChI=1S/C13H16N4O2S/c1-3-9-6-15-17-12(9)16-11(18)7-14-13(19)10-5-4-8(2)20-10/h4-6H,3,7H2,1-2H3,(H,14,19)(H2,15,16,17,18). The van der Waals surface area contributed by atoms with Crippen molar-refractivity contribution in [1.29, 1.82) is 0 Å². The molecule has 0 unspecified atom stereocenters. The largest absolute Gasteiger partial charge is 0.342 e. The van der Waals surface area contributed by atoms with Gasteiger partial charge in [0.25, 0.3) is 5.91 Å². The summed E-state index contributed by atoms with van der Waals surface area (Å²) in [6.07, 6.45) is 2.44. The van der Waals surface area contributed by atoms with E-state index in [1.54, 1.807) is 12.3 Å². The molecule has 0 bridgehead atoms. The Labute approximate surface area is 120 Å². The first-order valence-corrected chi connectivity index (χ1v) is 7.08. The maximum absolute atomic E-state index is 11.8. The fourth-order valence-electron chi connectivity index (χ4n) is 1.68. The van der Waals surface area contributed by atoms with Crippen LogP contribution in [0.15, 0.2) is 18.3 Å². The van der Waals surface area contributed by atoms with Crippen LogP contribution in [0, 0.1) is 6.92 Å². The molecule has 0 radical (unpaired) electrons. The highest BCUT2D eigenvalue weighted by molar-refractivity contribution is 7.13.